The van der Waals surface area contributed by atoms with E-state index in [1.54, 1.807) is 0 Å². The second-order valence-electron chi connectivity index (χ2n) is 6.97. The smallest absolute Gasteiger partial charge is 0.238 e. The highest BCUT2D eigenvalue weighted by atomic mass is 16.2. The Bertz CT molecular complexity index is 554. The zero-order valence-electron chi connectivity index (χ0n) is 14.6. The maximum Gasteiger partial charge on any atom is 0.238 e. The van der Waals surface area contributed by atoms with E-state index in [0.29, 0.717) is 6.54 Å². The molecular formula is C17H29N5O. The largest absolute Gasteiger partial charge is 0.322 e. The third kappa shape index (κ3) is 3.75. The molecule has 1 saturated heterocycles. The second kappa shape index (κ2) is 7.01. The van der Waals surface area contributed by atoms with Crippen molar-refractivity contribution in [1.29, 1.82) is 0 Å². The average Bonchev–Trinajstić information content (AvgIpc) is 3.13. The molecule has 1 saturated carbocycles. The van der Waals surface area contributed by atoms with E-state index in [1.807, 2.05) is 25.6 Å². The quantitative estimate of drug-likeness (QED) is 0.914. The van der Waals surface area contributed by atoms with E-state index in [0.717, 1.165) is 49.3 Å². The van der Waals surface area contributed by atoms with Crippen molar-refractivity contribution in [3.8, 4) is 0 Å². The van der Waals surface area contributed by atoms with E-state index in [4.69, 9.17) is 0 Å². The zero-order chi connectivity index (χ0) is 16.4. The number of hydrogen-bond donors (Lipinski definition) is 1. The molecule has 1 aliphatic carbocycles. The van der Waals surface area contributed by atoms with Crippen LogP contribution in [0.5, 0.6) is 0 Å². The van der Waals surface area contributed by atoms with Gasteiger partial charge in [0.05, 0.1) is 23.6 Å². The van der Waals surface area contributed by atoms with Crippen LogP contribution in [0.15, 0.2) is 0 Å². The summed E-state index contributed by atoms with van der Waals surface area (Å²) in [6.45, 7) is 8.58. The molecule has 6 heteroatoms. The number of aryl methyl sites for hydroxylation is 2. The predicted octanol–water partition coefficient (Wildman–Crippen LogP) is 1.54. The fraction of sp³-hybridized carbons (Fsp3) is 0.765. The molecule has 0 atom stereocenters. The van der Waals surface area contributed by atoms with E-state index in [9.17, 15) is 4.79 Å². The van der Waals surface area contributed by atoms with E-state index < -0.39 is 0 Å². The summed E-state index contributed by atoms with van der Waals surface area (Å²) in [5.74, 6) is 0.0681. The van der Waals surface area contributed by atoms with Crippen molar-refractivity contribution in [2.24, 2.45) is 7.05 Å². The summed E-state index contributed by atoms with van der Waals surface area (Å²) in [7, 11) is 1.90. The Labute approximate surface area is 138 Å². The first kappa shape index (κ1) is 16.5. The lowest BCUT2D eigenvalue weighted by Gasteiger charge is -2.37. The summed E-state index contributed by atoms with van der Waals surface area (Å²) in [5, 5.41) is 7.38. The molecule has 23 heavy (non-hydrogen) atoms. The number of hydrogen-bond acceptors (Lipinski definition) is 4. The SMILES string of the molecule is Cc1nn(C)c(C)c1NC(=O)CN1CCN(C2CCCC2)CC1. The summed E-state index contributed by atoms with van der Waals surface area (Å²) in [6.07, 6.45) is 5.49. The van der Waals surface area contributed by atoms with E-state index >= 15 is 0 Å². The van der Waals surface area contributed by atoms with Gasteiger partial charge in [-0.2, -0.15) is 5.10 Å². The molecule has 1 N–H and O–H groups in total. The van der Waals surface area contributed by atoms with Gasteiger partial charge in [0.2, 0.25) is 5.91 Å². The molecule has 1 amide bonds. The molecule has 1 aromatic rings. The Morgan fingerprint density at radius 1 is 1.17 bits per heavy atom. The van der Waals surface area contributed by atoms with Gasteiger partial charge in [-0.3, -0.25) is 19.3 Å². The third-order valence-electron chi connectivity index (χ3n) is 5.39. The van der Waals surface area contributed by atoms with Crippen LogP contribution in [0.2, 0.25) is 0 Å². The van der Waals surface area contributed by atoms with Crippen molar-refractivity contribution in [2.75, 3.05) is 38.0 Å². The van der Waals surface area contributed by atoms with Gasteiger partial charge in [0, 0.05) is 39.3 Å². The number of nitrogens with one attached hydrogen (secondary N) is 1. The molecule has 3 rings (SSSR count). The lowest BCUT2D eigenvalue weighted by molar-refractivity contribution is -0.117. The minimum atomic E-state index is 0.0681. The van der Waals surface area contributed by atoms with Crippen LogP contribution in [-0.2, 0) is 11.8 Å². The van der Waals surface area contributed by atoms with Crippen LogP contribution in [0.4, 0.5) is 5.69 Å². The van der Waals surface area contributed by atoms with Gasteiger partial charge >= 0.3 is 0 Å². The number of amides is 1. The lowest BCUT2D eigenvalue weighted by atomic mass is 10.2. The summed E-state index contributed by atoms with van der Waals surface area (Å²) >= 11 is 0. The van der Waals surface area contributed by atoms with E-state index in [2.05, 4.69) is 20.2 Å². The van der Waals surface area contributed by atoms with Crippen molar-refractivity contribution >= 4 is 11.6 Å². The van der Waals surface area contributed by atoms with Crippen LogP contribution in [-0.4, -0.2) is 64.3 Å². The molecule has 0 radical (unpaired) electrons. The molecule has 0 spiro atoms. The first-order valence-corrected chi connectivity index (χ1v) is 8.81. The van der Waals surface area contributed by atoms with Crippen LogP contribution >= 0.6 is 0 Å². The average molecular weight is 319 g/mol. The number of aromatic nitrogens is 2. The summed E-state index contributed by atoms with van der Waals surface area (Å²) in [5.41, 5.74) is 2.74. The number of carbonyl (C=O) groups excluding carboxylic acids is 1. The Morgan fingerprint density at radius 2 is 1.83 bits per heavy atom. The highest BCUT2D eigenvalue weighted by Gasteiger charge is 2.26. The molecule has 1 aliphatic heterocycles. The van der Waals surface area contributed by atoms with Crippen LogP contribution in [0.1, 0.15) is 37.1 Å². The summed E-state index contributed by atoms with van der Waals surface area (Å²) in [6, 6.07) is 0.798. The number of rotatable bonds is 4. The van der Waals surface area contributed by atoms with E-state index in [-0.39, 0.29) is 5.91 Å². The first-order chi connectivity index (χ1) is 11.0. The normalized spacial score (nSPS) is 21.0. The molecule has 2 fully saturated rings. The minimum absolute atomic E-state index is 0.0681. The highest BCUT2D eigenvalue weighted by Crippen LogP contribution is 2.24. The van der Waals surface area contributed by atoms with Gasteiger partial charge in [-0.05, 0) is 26.7 Å². The standard InChI is InChI=1S/C17H29N5O/c1-13-17(14(2)20(3)19-13)18-16(23)12-21-8-10-22(11-9-21)15-6-4-5-7-15/h15H,4-12H2,1-3H3,(H,18,23). The summed E-state index contributed by atoms with van der Waals surface area (Å²) in [4.78, 5) is 17.2. The van der Waals surface area contributed by atoms with Crippen molar-refractivity contribution in [2.45, 2.75) is 45.6 Å². The molecule has 0 bridgehead atoms. The van der Waals surface area contributed by atoms with Crippen LogP contribution < -0.4 is 5.32 Å². The van der Waals surface area contributed by atoms with Gasteiger partial charge in [0.25, 0.3) is 0 Å². The lowest BCUT2D eigenvalue weighted by Crippen LogP contribution is -2.51. The van der Waals surface area contributed by atoms with Crippen molar-refractivity contribution < 1.29 is 4.79 Å². The van der Waals surface area contributed by atoms with Gasteiger partial charge in [0.1, 0.15) is 0 Å². The molecule has 1 aromatic heterocycles. The number of piperazine rings is 1. The fourth-order valence-electron chi connectivity index (χ4n) is 3.89. The first-order valence-electron chi connectivity index (χ1n) is 8.81. The Kier molecular flexibility index (Phi) is 5.02. The molecular weight excluding hydrogens is 290 g/mol. The summed E-state index contributed by atoms with van der Waals surface area (Å²) < 4.78 is 1.81. The maximum absolute atomic E-state index is 12.3. The van der Waals surface area contributed by atoms with Gasteiger partial charge in [-0.25, -0.2) is 0 Å². The predicted molar refractivity (Wildman–Crippen MR) is 91.6 cm³/mol. The number of nitrogens with zero attached hydrogens (tertiary/aromatic N) is 4. The van der Waals surface area contributed by atoms with Gasteiger partial charge in [0.15, 0.2) is 0 Å². The highest BCUT2D eigenvalue weighted by molar-refractivity contribution is 5.93. The van der Waals surface area contributed by atoms with Crippen molar-refractivity contribution in [3.05, 3.63) is 11.4 Å². The Balaban J connectivity index is 1.47. The monoisotopic (exact) mass is 319 g/mol. The molecule has 6 nitrogen and oxygen atoms in total. The molecule has 128 valence electrons. The number of carbonyl (C=O) groups is 1. The van der Waals surface area contributed by atoms with Gasteiger partial charge in [-0.15, -0.1) is 0 Å². The topological polar surface area (TPSA) is 53.4 Å². The van der Waals surface area contributed by atoms with E-state index in [1.165, 1.54) is 25.7 Å². The third-order valence-corrected chi connectivity index (χ3v) is 5.39. The fourth-order valence-corrected chi connectivity index (χ4v) is 3.89. The molecule has 2 aliphatic rings. The molecule has 2 heterocycles. The Hall–Kier alpha value is -1.40. The molecule has 0 aromatic carbocycles. The Morgan fingerprint density at radius 3 is 2.39 bits per heavy atom. The van der Waals surface area contributed by atoms with Crippen LogP contribution in [0.3, 0.4) is 0 Å². The van der Waals surface area contributed by atoms with Crippen molar-refractivity contribution in [1.82, 2.24) is 19.6 Å². The zero-order valence-corrected chi connectivity index (χ0v) is 14.6. The van der Waals surface area contributed by atoms with Gasteiger partial charge < -0.3 is 5.32 Å². The van der Waals surface area contributed by atoms with Crippen LogP contribution in [0.25, 0.3) is 0 Å². The van der Waals surface area contributed by atoms with Gasteiger partial charge in [-0.1, -0.05) is 12.8 Å². The second-order valence-corrected chi connectivity index (χ2v) is 6.97. The van der Waals surface area contributed by atoms with Crippen LogP contribution in [0, 0.1) is 13.8 Å². The maximum atomic E-state index is 12.3. The molecule has 0 unspecified atom stereocenters. The minimum Gasteiger partial charge on any atom is -0.322 e. The number of anilines is 1. The van der Waals surface area contributed by atoms with Crippen molar-refractivity contribution in [3.63, 3.8) is 0 Å².